The summed E-state index contributed by atoms with van der Waals surface area (Å²) >= 11 is 0. The first-order chi connectivity index (χ1) is 23.3. The molecule has 0 saturated carbocycles. The Morgan fingerprint density at radius 3 is 1.69 bits per heavy atom. The van der Waals surface area contributed by atoms with Crippen molar-refractivity contribution in [3.05, 3.63) is 12.2 Å². The molecule has 0 aliphatic carbocycles. The summed E-state index contributed by atoms with van der Waals surface area (Å²) in [5.74, 6) is -0.620. The van der Waals surface area contributed by atoms with Crippen LogP contribution in [0.1, 0.15) is 162 Å². The molecule has 1 saturated heterocycles. The molecular weight excluding hydrogens is 614 g/mol. The topological polar surface area (TPSA) is 169 Å². The van der Waals surface area contributed by atoms with E-state index in [0.29, 0.717) is 6.42 Å². The lowest BCUT2D eigenvalue weighted by Crippen LogP contribution is -2.60. The summed E-state index contributed by atoms with van der Waals surface area (Å²) in [6.07, 6.45) is 20.2. The SMILES string of the molecule is CCCCCCCCCCCCCC/C=C/C(O)C(COC1OC(CO)C(O)C(O)C1O)NC(=O)C(O)CCCCCCCCCCC. The van der Waals surface area contributed by atoms with Crippen molar-refractivity contribution in [1.82, 2.24) is 5.32 Å². The van der Waals surface area contributed by atoms with Crippen molar-refractivity contribution >= 4 is 5.91 Å². The van der Waals surface area contributed by atoms with Crippen LogP contribution in [-0.2, 0) is 14.3 Å². The first-order valence-electron chi connectivity index (χ1n) is 19.5. The first-order valence-corrected chi connectivity index (χ1v) is 19.5. The number of hydrogen-bond acceptors (Lipinski definition) is 9. The third-order valence-corrected chi connectivity index (χ3v) is 9.47. The second-order valence-corrected chi connectivity index (χ2v) is 13.9. The van der Waals surface area contributed by atoms with Gasteiger partial charge in [0.1, 0.15) is 30.5 Å². The molecule has 0 spiro atoms. The number of allylic oxidation sites excluding steroid dienone is 1. The molecule has 7 N–H and O–H groups in total. The molecule has 1 aliphatic rings. The Labute approximate surface area is 291 Å². The number of nitrogens with one attached hydrogen (secondary N) is 1. The molecule has 1 amide bonds. The normalized spacial score (nSPS) is 23.4. The summed E-state index contributed by atoms with van der Waals surface area (Å²) in [5.41, 5.74) is 0. The van der Waals surface area contributed by atoms with Crippen molar-refractivity contribution in [1.29, 1.82) is 0 Å². The Morgan fingerprint density at radius 1 is 0.708 bits per heavy atom. The van der Waals surface area contributed by atoms with Crippen LogP contribution in [0.5, 0.6) is 0 Å². The largest absolute Gasteiger partial charge is 0.394 e. The highest BCUT2D eigenvalue weighted by Crippen LogP contribution is 2.22. The minimum Gasteiger partial charge on any atom is -0.394 e. The average Bonchev–Trinajstić information content (AvgIpc) is 3.08. The van der Waals surface area contributed by atoms with Crippen LogP contribution in [0, 0.1) is 0 Å². The number of carbonyl (C=O) groups excluding carboxylic acids is 1. The fraction of sp³-hybridized carbons (Fsp3) is 0.921. The maximum absolute atomic E-state index is 12.9. The summed E-state index contributed by atoms with van der Waals surface area (Å²) in [6.45, 7) is 3.55. The number of amides is 1. The van der Waals surface area contributed by atoms with Crippen LogP contribution in [-0.4, -0.2) is 98.7 Å². The zero-order valence-corrected chi connectivity index (χ0v) is 30.4. The third-order valence-electron chi connectivity index (χ3n) is 9.47. The second-order valence-electron chi connectivity index (χ2n) is 13.9. The highest BCUT2D eigenvalue weighted by Gasteiger charge is 2.44. The number of carbonyl (C=O) groups is 1. The van der Waals surface area contributed by atoms with Crippen molar-refractivity contribution in [2.24, 2.45) is 0 Å². The maximum atomic E-state index is 12.9. The molecule has 0 aromatic carbocycles. The van der Waals surface area contributed by atoms with Crippen LogP contribution in [0.2, 0.25) is 0 Å². The van der Waals surface area contributed by atoms with Gasteiger partial charge in [0.25, 0.3) is 0 Å². The monoisotopic (exact) mass is 688 g/mol. The van der Waals surface area contributed by atoms with E-state index in [0.717, 1.165) is 44.9 Å². The van der Waals surface area contributed by atoms with Gasteiger partial charge in [-0.15, -0.1) is 0 Å². The van der Waals surface area contributed by atoms with Gasteiger partial charge >= 0.3 is 0 Å². The van der Waals surface area contributed by atoms with E-state index in [2.05, 4.69) is 19.2 Å². The maximum Gasteiger partial charge on any atom is 0.249 e. The molecule has 284 valence electrons. The van der Waals surface area contributed by atoms with Crippen LogP contribution in [0.4, 0.5) is 0 Å². The van der Waals surface area contributed by atoms with Gasteiger partial charge < -0.3 is 45.4 Å². The Morgan fingerprint density at radius 2 is 1.19 bits per heavy atom. The quantitative estimate of drug-likeness (QED) is 0.0364. The highest BCUT2D eigenvalue weighted by atomic mass is 16.7. The van der Waals surface area contributed by atoms with Crippen molar-refractivity contribution in [3.8, 4) is 0 Å². The predicted molar refractivity (Wildman–Crippen MR) is 190 cm³/mol. The van der Waals surface area contributed by atoms with E-state index in [9.17, 15) is 35.4 Å². The van der Waals surface area contributed by atoms with Crippen LogP contribution in [0.3, 0.4) is 0 Å². The summed E-state index contributed by atoms with van der Waals surface area (Å²) < 4.78 is 11.1. The van der Waals surface area contributed by atoms with E-state index in [1.54, 1.807) is 6.08 Å². The van der Waals surface area contributed by atoms with Gasteiger partial charge in [0.05, 0.1) is 25.4 Å². The van der Waals surface area contributed by atoms with Gasteiger partial charge in [0.2, 0.25) is 5.91 Å². The molecule has 0 aromatic heterocycles. The zero-order valence-electron chi connectivity index (χ0n) is 30.4. The number of aliphatic hydroxyl groups excluding tert-OH is 6. The molecular formula is C38H73NO9. The fourth-order valence-electron chi connectivity index (χ4n) is 6.16. The summed E-state index contributed by atoms with van der Waals surface area (Å²) in [7, 11) is 0. The van der Waals surface area contributed by atoms with E-state index in [-0.39, 0.29) is 6.61 Å². The average molecular weight is 688 g/mol. The molecule has 0 bridgehead atoms. The van der Waals surface area contributed by atoms with E-state index in [1.807, 2.05) is 6.08 Å². The Kier molecular flexibility index (Phi) is 27.7. The van der Waals surface area contributed by atoms with Crippen molar-refractivity contribution in [2.45, 2.75) is 210 Å². The zero-order chi connectivity index (χ0) is 35.4. The van der Waals surface area contributed by atoms with Gasteiger partial charge in [-0.3, -0.25) is 4.79 Å². The molecule has 0 aromatic rings. The predicted octanol–water partition coefficient (Wildman–Crippen LogP) is 5.58. The summed E-state index contributed by atoms with van der Waals surface area (Å²) in [5, 5.41) is 64.2. The third kappa shape index (κ3) is 20.5. The summed E-state index contributed by atoms with van der Waals surface area (Å²) in [4.78, 5) is 12.9. The number of rotatable bonds is 31. The molecule has 1 heterocycles. The Hall–Kier alpha value is -1.11. The lowest BCUT2D eigenvalue weighted by molar-refractivity contribution is -0.302. The molecule has 1 fully saturated rings. The van der Waals surface area contributed by atoms with Crippen LogP contribution in [0.15, 0.2) is 12.2 Å². The number of aliphatic hydroxyl groups is 6. The van der Waals surface area contributed by atoms with E-state index in [1.165, 1.54) is 96.3 Å². The molecule has 8 atom stereocenters. The highest BCUT2D eigenvalue weighted by molar-refractivity contribution is 5.80. The van der Waals surface area contributed by atoms with Gasteiger partial charge in [0.15, 0.2) is 6.29 Å². The smallest absolute Gasteiger partial charge is 0.249 e. The second kappa shape index (κ2) is 29.6. The standard InChI is InChI=1S/C38H73NO9/c1-3-5-7-9-11-13-14-15-16-17-19-20-22-24-26-31(41)30(29-47-38-36(45)35(44)34(43)33(28-40)48-38)39-37(46)32(42)27-25-23-21-18-12-10-8-6-4-2/h24,26,30-36,38,40-45H,3-23,25,27-29H2,1-2H3,(H,39,46)/b26-24+. The number of ether oxygens (including phenoxy) is 2. The van der Waals surface area contributed by atoms with Gasteiger partial charge in [-0.05, 0) is 19.3 Å². The van der Waals surface area contributed by atoms with Gasteiger partial charge in [-0.1, -0.05) is 154 Å². The minimum atomic E-state index is -1.60. The molecule has 8 unspecified atom stereocenters. The Bertz CT molecular complexity index is 783. The van der Waals surface area contributed by atoms with Crippen LogP contribution in [0.25, 0.3) is 0 Å². The molecule has 1 rings (SSSR count). The fourth-order valence-corrected chi connectivity index (χ4v) is 6.16. The van der Waals surface area contributed by atoms with E-state index < -0.39 is 61.5 Å². The lowest BCUT2D eigenvalue weighted by atomic mass is 9.99. The molecule has 10 heteroatoms. The van der Waals surface area contributed by atoms with Crippen LogP contribution < -0.4 is 5.32 Å². The number of hydrogen-bond donors (Lipinski definition) is 7. The minimum absolute atomic E-state index is 0.302. The lowest BCUT2D eigenvalue weighted by Gasteiger charge is -2.40. The van der Waals surface area contributed by atoms with Crippen molar-refractivity contribution < 1.29 is 44.9 Å². The first kappa shape index (κ1) is 44.9. The van der Waals surface area contributed by atoms with Crippen molar-refractivity contribution in [3.63, 3.8) is 0 Å². The number of unbranched alkanes of at least 4 members (excludes halogenated alkanes) is 20. The van der Waals surface area contributed by atoms with E-state index >= 15 is 0 Å². The van der Waals surface area contributed by atoms with Gasteiger partial charge in [0, 0.05) is 0 Å². The van der Waals surface area contributed by atoms with Gasteiger partial charge in [-0.25, -0.2) is 0 Å². The Balaban J connectivity index is 2.53. The van der Waals surface area contributed by atoms with E-state index in [4.69, 9.17) is 9.47 Å². The molecule has 10 nitrogen and oxygen atoms in total. The van der Waals surface area contributed by atoms with Gasteiger partial charge in [-0.2, -0.15) is 0 Å². The molecule has 1 aliphatic heterocycles. The molecule has 0 radical (unpaired) electrons. The van der Waals surface area contributed by atoms with Crippen LogP contribution >= 0.6 is 0 Å². The molecule has 48 heavy (non-hydrogen) atoms. The van der Waals surface area contributed by atoms with Crippen molar-refractivity contribution in [2.75, 3.05) is 13.2 Å². The summed E-state index contributed by atoms with van der Waals surface area (Å²) in [6, 6.07) is -0.971.